The zero-order chi connectivity index (χ0) is 11.0. The minimum absolute atomic E-state index is 0.375. The molecule has 0 aliphatic carbocycles. The first-order chi connectivity index (χ1) is 6.65. The predicted octanol–water partition coefficient (Wildman–Crippen LogP) is 2.36. The average Bonchev–Trinajstić information content (AvgIpc) is 2.22. The molecule has 1 rings (SSSR count). The molecule has 3 nitrogen and oxygen atoms in total. The fraction of sp³-hybridized carbons (Fsp3) is 0.200. The van der Waals surface area contributed by atoms with Crippen LogP contribution in [0.5, 0.6) is 0 Å². The number of hydrogen-bond acceptors (Lipinski definition) is 3. The molecule has 0 N–H and O–H groups in total. The van der Waals surface area contributed by atoms with Crippen molar-refractivity contribution in [1.82, 2.24) is 0 Å². The Bertz CT molecular complexity index is 310. The summed E-state index contributed by atoms with van der Waals surface area (Å²) in [6, 6.07) is 5.64. The summed E-state index contributed by atoms with van der Waals surface area (Å²) in [5.74, 6) is 0. The third-order valence-corrected chi connectivity index (χ3v) is 1.96. The van der Waals surface area contributed by atoms with Gasteiger partial charge in [-0.2, -0.15) is 0 Å². The van der Waals surface area contributed by atoms with E-state index in [1.165, 1.54) is 7.11 Å². The molecule has 0 atom stereocenters. The molecule has 0 unspecified atom stereocenters. The number of aryl methyl sites for hydroxylation is 1. The van der Waals surface area contributed by atoms with Crippen LogP contribution in [-0.2, 0) is 9.53 Å². The Morgan fingerprint density at radius 2 is 1.93 bits per heavy atom. The van der Waals surface area contributed by atoms with Crippen LogP contribution in [0.4, 0.5) is 0 Å². The fourth-order valence-corrected chi connectivity index (χ4v) is 1.12. The van der Waals surface area contributed by atoms with E-state index in [9.17, 15) is 4.79 Å². The van der Waals surface area contributed by atoms with E-state index in [1.54, 1.807) is 0 Å². The van der Waals surface area contributed by atoms with Crippen molar-refractivity contribution < 1.29 is 14.3 Å². The number of ether oxygens (including phenoxy) is 1. The smallest absolute Gasteiger partial charge is 0.292 e. The van der Waals surface area contributed by atoms with Crippen LogP contribution in [0, 0.1) is 6.92 Å². The molecule has 0 bridgehead atoms. The lowest BCUT2D eigenvalue weighted by Crippen LogP contribution is -1.84. The van der Waals surface area contributed by atoms with Crippen LogP contribution in [0.2, 0.25) is 0 Å². The molecule has 0 aromatic heterocycles. The minimum Gasteiger partial charge on any atom is -0.471 e. The van der Waals surface area contributed by atoms with E-state index in [-0.39, 0.29) is 0 Å². The van der Waals surface area contributed by atoms with E-state index < -0.39 is 0 Å². The van der Waals surface area contributed by atoms with Gasteiger partial charge in [-0.05, 0) is 24.6 Å². The van der Waals surface area contributed by atoms with Crippen LogP contribution in [0.1, 0.15) is 15.9 Å². The summed E-state index contributed by atoms with van der Waals surface area (Å²) in [5, 5.41) is 0. The summed E-state index contributed by atoms with van der Waals surface area (Å²) in [6.45, 7) is 2.29. The average molecular weight is 259 g/mol. The van der Waals surface area contributed by atoms with Crippen LogP contribution >= 0.6 is 15.9 Å². The molecule has 0 spiro atoms. The second-order valence-electron chi connectivity index (χ2n) is 2.45. The topological polar surface area (TPSA) is 43.4 Å². The van der Waals surface area contributed by atoms with Crippen LogP contribution < -0.4 is 0 Å². The van der Waals surface area contributed by atoms with Gasteiger partial charge in [0.05, 0.1) is 7.11 Å². The number of halogens is 1. The second-order valence-corrected chi connectivity index (χ2v) is 3.37. The van der Waals surface area contributed by atoms with Gasteiger partial charge in [0.1, 0.15) is 6.29 Å². The highest BCUT2D eigenvalue weighted by Crippen LogP contribution is 2.13. The Hall–Kier alpha value is -1.16. The van der Waals surface area contributed by atoms with Gasteiger partial charge in [-0.15, -0.1) is 0 Å². The van der Waals surface area contributed by atoms with E-state index in [0.29, 0.717) is 6.47 Å². The monoisotopic (exact) mass is 258 g/mol. The number of methoxy groups -OCH3 is 1. The van der Waals surface area contributed by atoms with Gasteiger partial charge in [-0.25, -0.2) is 0 Å². The normalized spacial score (nSPS) is 8.21. The lowest BCUT2D eigenvalue weighted by atomic mass is 10.1. The summed E-state index contributed by atoms with van der Waals surface area (Å²) >= 11 is 3.28. The van der Waals surface area contributed by atoms with Crippen molar-refractivity contribution in [1.29, 1.82) is 0 Å². The first kappa shape index (κ1) is 12.8. The van der Waals surface area contributed by atoms with E-state index in [4.69, 9.17) is 4.79 Å². The van der Waals surface area contributed by atoms with Crippen molar-refractivity contribution in [2.75, 3.05) is 7.11 Å². The number of benzene rings is 1. The van der Waals surface area contributed by atoms with Crippen LogP contribution in [-0.4, -0.2) is 19.9 Å². The SMILES string of the molecule is COC=O.Cc1ccc(Br)cc1C=O. The molecule has 0 amide bonds. The van der Waals surface area contributed by atoms with E-state index in [1.807, 2.05) is 25.1 Å². The highest BCUT2D eigenvalue weighted by atomic mass is 79.9. The molecule has 0 heterocycles. The maximum Gasteiger partial charge on any atom is 0.292 e. The third-order valence-electron chi connectivity index (χ3n) is 1.46. The summed E-state index contributed by atoms with van der Waals surface area (Å²) < 4.78 is 4.81. The zero-order valence-corrected chi connectivity index (χ0v) is 9.58. The number of aldehydes is 1. The van der Waals surface area contributed by atoms with Gasteiger partial charge in [-0.1, -0.05) is 22.0 Å². The number of carbonyl (C=O) groups excluding carboxylic acids is 2. The van der Waals surface area contributed by atoms with Crippen molar-refractivity contribution in [3.8, 4) is 0 Å². The molecule has 0 saturated heterocycles. The van der Waals surface area contributed by atoms with E-state index in [0.717, 1.165) is 21.9 Å². The Kier molecular flexibility index (Phi) is 6.66. The van der Waals surface area contributed by atoms with E-state index >= 15 is 0 Å². The molecule has 1 aromatic carbocycles. The molecule has 14 heavy (non-hydrogen) atoms. The summed E-state index contributed by atoms with van der Waals surface area (Å²) in [6.07, 6.45) is 0.861. The van der Waals surface area contributed by atoms with Crippen LogP contribution in [0.15, 0.2) is 22.7 Å². The van der Waals surface area contributed by atoms with Gasteiger partial charge >= 0.3 is 0 Å². The molecular formula is C10H11BrO3. The van der Waals surface area contributed by atoms with Gasteiger partial charge < -0.3 is 4.74 Å². The maximum absolute atomic E-state index is 10.4. The molecule has 4 heteroatoms. The molecule has 0 aliphatic rings. The van der Waals surface area contributed by atoms with Crippen molar-refractivity contribution in [3.05, 3.63) is 33.8 Å². The largest absolute Gasteiger partial charge is 0.471 e. The lowest BCUT2D eigenvalue weighted by Gasteiger charge is -1.96. The first-order valence-corrected chi connectivity index (χ1v) is 4.62. The second kappa shape index (κ2) is 7.26. The Balaban J connectivity index is 0.000000364. The molecule has 0 radical (unpaired) electrons. The molecule has 0 aliphatic heterocycles. The van der Waals surface area contributed by atoms with E-state index in [2.05, 4.69) is 20.7 Å². The third kappa shape index (κ3) is 4.77. The molecule has 0 fully saturated rings. The molecule has 1 aromatic rings. The van der Waals surface area contributed by atoms with Gasteiger partial charge in [0.2, 0.25) is 0 Å². The van der Waals surface area contributed by atoms with Gasteiger partial charge in [0.25, 0.3) is 6.47 Å². The minimum atomic E-state index is 0.375. The Labute approximate surface area is 91.2 Å². The highest BCUT2D eigenvalue weighted by Gasteiger charge is 1.95. The standard InChI is InChI=1S/C8H7BrO.C2H4O2/c1-6-2-3-8(9)4-7(6)5-10;1-4-2-3/h2-5H,1H3;2H,1H3. The quantitative estimate of drug-likeness (QED) is 0.766. The number of carbonyl (C=O) groups is 2. The van der Waals surface area contributed by atoms with Crippen molar-refractivity contribution in [3.63, 3.8) is 0 Å². The number of rotatable bonds is 2. The van der Waals surface area contributed by atoms with Crippen molar-refractivity contribution >= 4 is 28.7 Å². The highest BCUT2D eigenvalue weighted by molar-refractivity contribution is 9.10. The summed E-state index contributed by atoms with van der Waals surface area (Å²) in [7, 11) is 1.31. The Morgan fingerprint density at radius 1 is 1.36 bits per heavy atom. The zero-order valence-electron chi connectivity index (χ0n) is 7.99. The molecular weight excluding hydrogens is 248 g/mol. The summed E-state index contributed by atoms with van der Waals surface area (Å²) in [5.41, 5.74) is 1.76. The molecule has 0 saturated carbocycles. The maximum atomic E-state index is 10.4. The van der Waals surface area contributed by atoms with Gasteiger partial charge in [0.15, 0.2) is 0 Å². The predicted molar refractivity (Wildman–Crippen MR) is 57.3 cm³/mol. The van der Waals surface area contributed by atoms with Gasteiger partial charge in [-0.3, -0.25) is 9.59 Å². The van der Waals surface area contributed by atoms with Crippen LogP contribution in [0.3, 0.4) is 0 Å². The molecule has 76 valence electrons. The lowest BCUT2D eigenvalue weighted by molar-refractivity contribution is -0.126. The van der Waals surface area contributed by atoms with Crippen molar-refractivity contribution in [2.24, 2.45) is 0 Å². The van der Waals surface area contributed by atoms with Crippen LogP contribution in [0.25, 0.3) is 0 Å². The summed E-state index contributed by atoms with van der Waals surface area (Å²) in [4.78, 5) is 19.3. The fourth-order valence-electron chi connectivity index (χ4n) is 0.738. The first-order valence-electron chi connectivity index (χ1n) is 3.83. The Morgan fingerprint density at radius 3 is 2.29 bits per heavy atom. The van der Waals surface area contributed by atoms with Gasteiger partial charge in [0, 0.05) is 10.0 Å². The number of hydrogen-bond donors (Lipinski definition) is 0. The van der Waals surface area contributed by atoms with Crippen molar-refractivity contribution in [2.45, 2.75) is 6.92 Å².